The van der Waals surface area contributed by atoms with Gasteiger partial charge in [0.25, 0.3) is 0 Å². The van der Waals surface area contributed by atoms with E-state index < -0.39 is 0 Å². The first-order valence-electron chi connectivity index (χ1n) is 5.12. The third-order valence-corrected chi connectivity index (χ3v) is 3.05. The lowest BCUT2D eigenvalue weighted by molar-refractivity contribution is 0.618. The molecule has 1 heterocycles. The van der Waals surface area contributed by atoms with Gasteiger partial charge in [-0.3, -0.25) is 5.43 Å². The van der Waals surface area contributed by atoms with Crippen LogP contribution in [0.2, 0.25) is 0 Å². The van der Waals surface area contributed by atoms with Crippen LogP contribution in [0.5, 0.6) is 0 Å². The second-order valence-electron chi connectivity index (χ2n) is 3.67. The van der Waals surface area contributed by atoms with E-state index in [0.717, 1.165) is 10.8 Å². The first-order chi connectivity index (χ1) is 8.15. The van der Waals surface area contributed by atoms with Crippen molar-refractivity contribution in [3.63, 3.8) is 0 Å². The van der Waals surface area contributed by atoms with Crippen LogP contribution in [-0.2, 0) is 0 Å². The van der Waals surface area contributed by atoms with Gasteiger partial charge in [-0.25, -0.2) is 9.37 Å². The highest BCUT2D eigenvalue weighted by Crippen LogP contribution is 2.14. The minimum Gasteiger partial charge on any atom is -0.253 e. The van der Waals surface area contributed by atoms with Crippen LogP contribution in [0.1, 0.15) is 16.8 Å². The minimum absolute atomic E-state index is 0.223. The summed E-state index contributed by atoms with van der Waals surface area (Å²) in [4.78, 5) is 4.19. The van der Waals surface area contributed by atoms with E-state index in [9.17, 15) is 4.39 Å². The summed E-state index contributed by atoms with van der Waals surface area (Å²) in [5.74, 6) is -0.223. The van der Waals surface area contributed by atoms with E-state index in [1.807, 2.05) is 18.4 Å². The number of hydrogen-bond donors (Lipinski definition) is 1. The molecule has 2 rings (SSSR count). The molecule has 1 aromatic carbocycles. The highest BCUT2D eigenvalue weighted by atomic mass is 32.1. The fourth-order valence-corrected chi connectivity index (χ4v) is 1.89. The number of rotatable bonds is 3. The summed E-state index contributed by atoms with van der Waals surface area (Å²) in [6.07, 6.45) is 1.57. The smallest absolute Gasteiger partial charge is 0.203 e. The van der Waals surface area contributed by atoms with Gasteiger partial charge in [0.05, 0.1) is 11.9 Å². The molecule has 5 heteroatoms. The Bertz CT molecular complexity index is 548. The maximum absolute atomic E-state index is 13.2. The SMILES string of the molecule is Cc1csc(NN=Cc2ccc(C)c(F)c2)n1. The van der Waals surface area contributed by atoms with Gasteiger partial charge in [0.1, 0.15) is 5.82 Å². The zero-order valence-electron chi connectivity index (χ0n) is 9.57. The summed E-state index contributed by atoms with van der Waals surface area (Å²) in [5.41, 5.74) is 5.10. The van der Waals surface area contributed by atoms with Crippen LogP contribution >= 0.6 is 11.3 Å². The van der Waals surface area contributed by atoms with Crippen LogP contribution < -0.4 is 5.43 Å². The minimum atomic E-state index is -0.223. The van der Waals surface area contributed by atoms with Gasteiger partial charge in [-0.2, -0.15) is 5.10 Å². The standard InChI is InChI=1S/C12H12FN3S/c1-8-3-4-10(5-11(8)13)6-14-16-12-15-9(2)7-17-12/h3-7H,1-2H3,(H,15,16). The van der Waals surface area contributed by atoms with E-state index in [4.69, 9.17) is 0 Å². The average molecular weight is 249 g/mol. The van der Waals surface area contributed by atoms with E-state index in [1.54, 1.807) is 19.2 Å². The van der Waals surface area contributed by atoms with Crippen molar-refractivity contribution >= 4 is 22.7 Å². The van der Waals surface area contributed by atoms with E-state index in [-0.39, 0.29) is 5.82 Å². The quantitative estimate of drug-likeness (QED) is 0.669. The molecule has 0 spiro atoms. The molecule has 0 fully saturated rings. The average Bonchev–Trinajstić information content (AvgIpc) is 2.70. The number of anilines is 1. The number of nitrogens with zero attached hydrogens (tertiary/aromatic N) is 2. The number of benzene rings is 1. The molecule has 0 unspecified atom stereocenters. The van der Waals surface area contributed by atoms with Gasteiger partial charge >= 0.3 is 0 Å². The van der Waals surface area contributed by atoms with Crippen LogP contribution in [0, 0.1) is 19.7 Å². The summed E-state index contributed by atoms with van der Waals surface area (Å²) in [7, 11) is 0. The molecular weight excluding hydrogens is 237 g/mol. The van der Waals surface area contributed by atoms with Crippen LogP contribution in [-0.4, -0.2) is 11.2 Å². The number of aromatic nitrogens is 1. The van der Waals surface area contributed by atoms with Gasteiger partial charge in [-0.05, 0) is 31.0 Å². The van der Waals surface area contributed by atoms with Crippen molar-refractivity contribution in [3.05, 3.63) is 46.2 Å². The molecule has 0 radical (unpaired) electrons. The molecular formula is C12H12FN3S. The summed E-state index contributed by atoms with van der Waals surface area (Å²) < 4.78 is 13.2. The monoisotopic (exact) mass is 249 g/mol. The molecule has 1 aromatic heterocycles. The third-order valence-electron chi connectivity index (χ3n) is 2.19. The molecule has 0 atom stereocenters. The molecule has 0 aliphatic heterocycles. The predicted octanol–water partition coefficient (Wildman–Crippen LogP) is 3.35. The number of hydrazone groups is 1. The van der Waals surface area contributed by atoms with E-state index in [1.165, 1.54) is 17.4 Å². The Morgan fingerprint density at radius 3 is 2.88 bits per heavy atom. The topological polar surface area (TPSA) is 37.3 Å². The molecule has 1 N–H and O–H groups in total. The second kappa shape index (κ2) is 5.05. The Morgan fingerprint density at radius 2 is 2.24 bits per heavy atom. The summed E-state index contributed by atoms with van der Waals surface area (Å²) in [6.45, 7) is 3.65. The second-order valence-corrected chi connectivity index (χ2v) is 4.53. The lowest BCUT2D eigenvalue weighted by atomic mass is 10.1. The molecule has 0 aliphatic rings. The van der Waals surface area contributed by atoms with E-state index >= 15 is 0 Å². The molecule has 0 aliphatic carbocycles. The maximum atomic E-state index is 13.2. The van der Waals surface area contributed by atoms with Crippen molar-refractivity contribution in [1.29, 1.82) is 0 Å². The van der Waals surface area contributed by atoms with Crippen molar-refractivity contribution in [2.24, 2.45) is 5.10 Å². The van der Waals surface area contributed by atoms with Gasteiger partial charge < -0.3 is 0 Å². The number of halogens is 1. The highest BCUT2D eigenvalue weighted by Gasteiger charge is 1.97. The third kappa shape index (κ3) is 3.10. The van der Waals surface area contributed by atoms with Crippen molar-refractivity contribution in [2.45, 2.75) is 13.8 Å². The van der Waals surface area contributed by atoms with Gasteiger partial charge in [-0.15, -0.1) is 11.3 Å². The summed E-state index contributed by atoms with van der Waals surface area (Å²) in [5, 5.41) is 6.66. The summed E-state index contributed by atoms with van der Waals surface area (Å²) in [6, 6.07) is 4.99. The van der Waals surface area contributed by atoms with Crippen LogP contribution in [0.3, 0.4) is 0 Å². The number of nitrogens with one attached hydrogen (secondary N) is 1. The highest BCUT2D eigenvalue weighted by molar-refractivity contribution is 7.13. The molecule has 0 saturated heterocycles. The Hall–Kier alpha value is -1.75. The lowest BCUT2D eigenvalue weighted by Gasteiger charge is -1.97. The first kappa shape index (κ1) is 11.7. The predicted molar refractivity (Wildman–Crippen MR) is 69.2 cm³/mol. The first-order valence-corrected chi connectivity index (χ1v) is 6.00. The molecule has 0 saturated carbocycles. The molecule has 0 bridgehead atoms. The maximum Gasteiger partial charge on any atom is 0.203 e. The van der Waals surface area contributed by atoms with E-state index in [2.05, 4.69) is 15.5 Å². The number of aryl methyl sites for hydroxylation is 2. The molecule has 2 aromatic rings. The lowest BCUT2D eigenvalue weighted by Crippen LogP contribution is -1.91. The summed E-state index contributed by atoms with van der Waals surface area (Å²) >= 11 is 1.48. The Labute approximate surface area is 103 Å². The van der Waals surface area contributed by atoms with Crippen molar-refractivity contribution in [3.8, 4) is 0 Å². The Kier molecular flexibility index (Phi) is 3.49. The van der Waals surface area contributed by atoms with E-state index in [0.29, 0.717) is 11.1 Å². The van der Waals surface area contributed by atoms with Crippen molar-refractivity contribution in [1.82, 2.24) is 4.98 Å². The fraction of sp³-hybridized carbons (Fsp3) is 0.167. The van der Waals surface area contributed by atoms with Crippen molar-refractivity contribution in [2.75, 3.05) is 5.43 Å². The molecule has 17 heavy (non-hydrogen) atoms. The van der Waals surface area contributed by atoms with Gasteiger partial charge in [0.15, 0.2) is 0 Å². The zero-order valence-corrected chi connectivity index (χ0v) is 10.4. The molecule has 3 nitrogen and oxygen atoms in total. The van der Waals surface area contributed by atoms with Gasteiger partial charge in [0, 0.05) is 5.38 Å². The van der Waals surface area contributed by atoms with Gasteiger partial charge in [-0.1, -0.05) is 12.1 Å². The van der Waals surface area contributed by atoms with Crippen LogP contribution in [0.4, 0.5) is 9.52 Å². The molecule has 88 valence electrons. The number of hydrogen-bond acceptors (Lipinski definition) is 4. The normalized spacial score (nSPS) is 11.0. The van der Waals surface area contributed by atoms with Crippen molar-refractivity contribution < 1.29 is 4.39 Å². The fourth-order valence-electron chi connectivity index (χ4n) is 1.26. The zero-order chi connectivity index (χ0) is 12.3. The largest absolute Gasteiger partial charge is 0.253 e. The Balaban J connectivity index is 2.03. The van der Waals surface area contributed by atoms with Gasteiger partial charge in [0.2, 0.25) is 5.13 Å². The Morgan fingerprint density at radius 1 is 1.41 bits per heavy atom. The molecule has 0 amide bonds. The van der Waals surface area contributed by atoms with Crippen LogP contribution in [0.25, 0.3) is 0 Å². The number of thiazole rings is 1. The van der Waals surface area contributed by atoms with Crippen LogP contribution in [0.15, 0.2) is 28.7 Å².